The van der Waals surface area contributed by atoms with Gasteiger partial charge in [-0.05, 0) is 45.6 Å². The van der Waals surface area contributed by atoms with Crippen molar-refractivity contribution < 1.29 is 10.2 Å². The molecule has 2 atom stereocenters. The van der Waals surface area contributed by atoms with Gasteiger partial charge in [0, 0.05) is 22.7 Å². The van der Waals surface area contributed by atoms with Crippen LogP contribution in [0.2, 0.25) is 0 Å². The molecule has 1 aliphatic heterocycles. The van der Waals surface area contributed by atoms with Crippen molar-refractivity contribution in [2.45, 2.75) is 42.7 Å². The number of alkyl halides is 1. The second kappa shape index (κ2) is 4.98. The maximum absolute atomic E-state index is 10.2. The van der Waals surface area contributed by atoms with Crippen molar-refractivity contribution in [3.05, 3.63) is 23.8 Å². The highest BCUT2D eigenvalue weighted by Gasteiger charge is 2.48. The van der Waals surface area contributed by atoms with E-state index in [0.29, 0.717) is 0 Å². The Hall–Kier alpha value is -0.620. The Labute approximate surface area is 128 Å². The summed E-state index contributed by atoms with van der Waals surface area (Å²) in [5.74, 6) is 0.114. The molecule has 2 rings (SSSR count). The third kappa shape index (κ3) is 3.01. The molecule has 0 spiro atoms. The summed E-state index contributed by atoms with van der Waals surface area (Å²) >= 11 is 8.04. The first-order chi connectivity index (χ1) is 9.09. The average molecular weight is 317 g/mol. The van der Waals surface area contributed by atoms with Crippen LogP contribution >= 0.6 is 23.4 Å². The van der Waals surface area contributed by atoms with E-state index in [9.17, 15) is 10.2 Å². The van der Waals surface area contributed by atoms with E-state index < -0.39 is 9.99 Å². The lowest BCUT2D eigenvalue weighted by molar-refractivity contribution is 0.137. The molecule has 4 N–H and O–H groups in total. The van der Waals surface area contributed by atoms with Crippen molar-refractivity contribution in [2.24, 2.45) is 0 Å². The molecule has 1 saturated heterocycles. The molecule has 0 aliphatic carbocycles. The fourth-order valence-corrected chi connectivity index (χ4v) is 4.21. The van der Waals surface area contributed by atoms with Crippen LogP contribution in [0, 0.1) is 0 Å². The minimum atomic E-state index is -0.805. The number of hydrogen-bond acceptors (Lipinski definition) is 5. The molecule has 0 radical (unpaired) electrons. The summed E-state index contributed by atoms with van der Waals surface area (Å²) in [4.78, 5) is 0. The Balaban J connectivity index is 2.46. The summed E-state index contributed by atoms with van der Waals surface area (Å²) in [5.41, 5.74) is 0.0239. The maximum atomic E-state index is 10.2. The number of aromatic hydroxyl groups is 2. The largest absolute Gasteiger partial charge is 0.508 e. The van der Waals surface area contributed by atoms with Crippen LogP contribution in [0.4, 0.5) is 0 Å². The molecule has 1 aromatic rings. The van der Waals surface area contributed by atoms with Crippen LogP contribution in [0.1, 0.15) is 32.8 Å². The Morgan fingerprint density at radius 1 is 1.20 bits per heavy atom. The molecule has 0 amide bonds. The van der Waals surface area contributed by atoms with Crippen molar-refractivity contribution in [2.75, 3.05) is 6.26 Å². The summed E-state index contributed by atoms with van der Waals surface area (Å²) in [6.45, 7) is 6.17. The van der Waals surface area contributed by atoms with Gasteiger partial charge in [0.1, 0.15) is 11.5 Å². The molecule has 4 nitrogen and oxygen atoms in total. The third-order valence-corrected chi connectivity index (χ3v) is 5.01. The van der Waals surface area contributed by atoms with E-state index >= 15 is 0 Å². The van der Waals surface area contributed by atoms with Gasteiger partial charge in [0.15, 0.2) is 4.45 Å². The summed E-state index contributed by atoms with van der Waals surface area (Å²) in [7, 11) is 0. The minimum absolute atomic E-state index is 0.0463. The first kappa shape index (κ1) is 15.8. The Morgan fingerprint density at radius 2 is 1.85 bits per heavy atom. The average Bonchev–Trinajstić information content (AvgIpc) is 2.25. The van der Waals surface area contributed by atoms with Gasteiger partial charge in [-0.15, -0.1) is 11.8 Å². The third-order valence-electron chi connectivity index (χ3n) is 3.59. The lowest BCUT2D eigenvalue weighted by atomic mass is 9.78. The second-order valence-electron chi connectivity index (χ2n) is 6.14. The molecule has 0 aromatic heterocycles. The highest BCUT2D eigenvalue weighted by atomic mass is 35.5. The Bertz CT molecular complexity index is 526. The van der Waals surface area contributed by atoms with Crippen molar-refractivity contribution >= 4 is 23.4 Å². The Kier molecular flexibility index (Phi) is 3.93. The zero-order chi connectivity index (χ0) is 15.2. The highest BCUT2D eigenvalue weighted by molar-refractivity contribution is 8.01. The summed E-state index contributed by atoms with van der Waals surface area (Å²) < 4.78 is -0.805. The number of phenols is 2. The molecule has 1 heterocycles. The maximum Gasteiger partial charge on any atom is 0.196 e. The van der Waals surface area contributed by atoms with Gasteiger partial charge in [-0.3, -0.25) is 10.6 Å². The van der Waals surface area contributed by atoms with Gasteiger partial charge in [-0.25, -0.2) is 0 Å². The standard InChI is InChI=1S/C14H21ClN2O2S/c1-12(2)8-13(3,17-14(15,16-12)20-4)10-6-5-9(18)7-11(10)19/h5-7,16-19H,8H2,1-4H3/t13-,14-/m0/s1. The van der Waals surface area contributed by atoms with Crippen LogP contribution in [0.3, 0.4) is 0 Å². The van der Waals surface area contributed by atoms with Gasteiger partial charge in [0.05, 0.1) is 0 Å². The fourth-order valence-electron chi connectivity index (χ4n) is 3.04. The van der Waals surface area contributed by atoms with Crippen LogP contribution in [0.25, 0.3) is 0 Å². The predicted molar refractivity (Wildman–Crippen MR) is 84.2 cm³/mol. The summed E-state index contributed by atoms with van der Waals surface area (Å²) in [6.07, 6.45) is 2.67. The number of phenolic OH excluding ortho intramolecular Hbond substituents is 2. The number of nitrogens with one attached hydrogen (secondary N) is 2. The number of hydrogen-bond donors (Lipinski definition) is 4. The predicted octanol–water partition coefficient (Wildman–Crippen LogP) is 2.89. The number of rotatable bonds is 2. The van der Waals surface area contributed by atoms with Gasteiger partial charge in [-0.1, -0.05) is 11.6 Å². The first-order valence-corrected chi connectivity index (χ1v) is 8.05. The Morgan fingerprint density at radius 3 is 2.40 bits per heavy atom. The SMILES string of the molecule is CS[C@@]1(Cl)NC(C)(C)C[C@@](C)(c2ccc(O)cc2O)N1. The lowest BCUT2D eigenvalue weighted by Gasteiger charge is -2.52. The van der Waals surface area contributed by atoms with Crippen LogP contribution in [0.5, 0.6) is 11.5 Å². The molecule has 0 bridgehead atoms. The number of halogens is 1. The lowest BCUT2D eigenvalue weighted by Crippen LogP contribution is -2.70. The smallest absolute Gasteiger partial charge is 0.196 e. The first-order valence-electron chi connectivity index (χ1n) is 6.44. The van der Waals surface area contributed by atoms with Crippen LogP contribution in [-0.4, -0.2) is 26.5 Å². The quantitative estimate of drug-likeness (QED) is 0.499. The molecule has 0 unspecified atom stereocenters. The van der Waals surface area contributed by atoms with E-state index in [4.69, 9.17) is 11.6 Å². The monoisotopic (exact) mass is 316 g/mol. The number of benzene rings is 1. The molecule has 20 heavy (non-hydrogen) atoms. The normalized spacial score (nSPS) is 33.0. The molecule has 112 valence electrons. The molecule has 0 saturated carbocycles. The molecule has 1 fully saturated rings. The van der Waals surface area contributed by atoms with E-state index in [0.717, 1.165) is 12.0 Å². The van der Waals surface area contributed by atoms with E-state index in [2.05, 4.69) is 24.5 Å². The van der Waals surface area contributed by atoms with Gasteiger partial charge in [0.25, 0.3) is 0 Å². The van der Waals surface area contributed by atoms with Crippen LogP contribution in [0.15, 0.2) is 18.2 Å². The van der Waals surface area contributed by atoms with Crippen molar-refractivity contribution in [3.8, 4) is 11.5 Å². The molecular weight excluding hydrogens is 296 g/mol. The zero-order valence-corrected chi connectivity index (χ0v) is 13.7. The summed E-state index contributed by atoms with van der Waals surface area (Å²) in [6, 6.07) is 4.66. The molecule has 6 heteroatoms. The van der Waals surface area contributed by atoms with Gasteiger partial charge in [0.2, 0.25) is 0 Å². The zero-order valence-electron chi connectivity index (χ0n) is 12.1. The second-order valence-corrected chi connectivity index (χ2v) is 7.96. The van der Waals surface area contributed by atoms with E-state index in [1.807, 2.05) is 13.2 Å². The van der Waals surface area contributed by atoms with Crippen molar-refractivity contribution in [1.82, 2.24) is 10.6 Å². The topological polar surface area (TPSA) is 64.5 Å². The van der Waals surface area contributed by atoms with Crippen molar-refractivity contribution in [1.29, 1.82) is 0 Å². The highest BCUT2D eigenvalue weighted by Crippen LogP contribution is 2.44. The number of thioether (sulfide) groups is 1. The van der Waals surface area contributed by atoms with Crippen molar-refractivity contribution in [3.63, 3.8) is 0 Å². The fraction of sp³-hybridized carbons (Fsp3) is 0.571. The minimum Gasteiger partial charge on any atom is -0.508 e. The van der Waals surface area contributed by atoms with E-state index in [1.54, 1.807) is 12.1 Å². The molecular formula is C14H21ClN2O2S. The van der Waals surface area contributed by atoms with Crippen LogP contribution in [-0.2, 0) is 5.54 Å². The van der Waals surface area contributed by atoms with E-state index in [1.165, 1.54) is 17.8 Å². The summed E-state index contributed by atoms with van der Waals surface area (Å²) in [5, 5.41) is 26.3. The van der Waals surface area contributed by atoms with Gasteiger partial charge < -0.3 is 10.2 Å². The van der Waals surface area contributed by atoms with Crippen LogP contribution < -0.4 is 10.6 Å². The molecule has 1 aliphatic rings. The van der Waals surface area contributed by atoms with E-state index in [-0.39, 0.29) is 17.0 Å². The van der Waals surface area contributed by atoms with Gasteiger partial charge in [-0.2, -0.15) is 0 Å². The van der Waals surface area contributed by atoms with Gasteiger partial charge >= 0.3 is 0 Å². The molecule has 1 aromatic carbocycles.